The maximum Gasteiger partial charge on any atom is 0.281 e. The van der Waals surface area contributed by atoms with Crippen LogP contribution in [0.5, 0.6) is 0 Å². The van der Waals surface area contributed by atoms with Crippen LogP contribution in [0.1, 0.15) is 16.2 Å². The van der Waals surface area contributed by atoms with Gasteiger partial charge in [-0.25, -0.2) is 9.67 Å². The zero-order chi connectivity index (χ0) is 19.7. The normalized spacial score (nSPS) is 10.8. The summed E-state index contributed by atoms with van der Waals surface area (Å²) in [4.78, 5) is 30.4. The van der Waals surface area contributed by atoms with Gasteiger partial charge >= 0.3 is 0 Å². The molecular weight excluding hydrogens is 416 g/mol. The highest BCUT2D eigenvalue weighted by molar-refractivity contribution is 7.16. The number of benzene rings is 1. The second kappa shape index (κ2) is 7.67. The van der Waals surface area contributed by atoms with E-state index in [1.165, 1.54) is 22.1 Å². The number of nitrogens with zero attached hydrogens (tertiary/aromatic N) is 3. The van der Waals surface area contributed by atoms with Crippen molar-refractivity contribution in [2.75, 3.05) is 5.32 Å². The predicted octanol–water partition coefficient (Wildman–Crippen LogP) is 4.63. The van der Waals surface area contributed by atoms with Gasteiger partial charge in [0.1, 0.15) is 0 Å². The van der Waals surface area contributed by atoms with Crippen LogP contribution >= 0.6 is 34.3 Å². The Morgan fingerprint density at radius 3 is 2.68 bits per heavy atom. The van der Waals surface area contributed by atoms with Gasteiger partial charge in [0, 0.05) is 22.2 Å². The third kappa shape index (κ3) is 3.75. The first kappa shape index (κ1) is 18.5. The lowest BCUT2D eigenvalue weighted by Gasteiger charge is -2.11. The van der Waals surface area contributed by atoms with Gasteiger partial charge in [-0.2, -0.15) is 5.10 Å². The molecule has 3 heterocycles. The number of thiophene rings is 1. The number of aryl methyl sites for hydroxylation is 1. The van der Waals surface area contributed by atoms with Crippen molar-refractivity contribution >= 4 is 45.3 Å². The quantitative estimate of drug-likeness (QED) is 0.514. The number of aromatic nitrogens is 3. The molecule has 140 valence electrons. The number of halogens is 1. The Labute approximate surface area is 173 Å². The first-order valence-corrected chi connectivity index (χ1v) is 10.3. The fourth-order valence-corrected chi connectivity index (χ4v) is 4.17. The van der Waals surface area contributed by atoms with Gasteiger partial charge in [0.2, 0.25) is 5.43 Å². The van der Waals surface area contributed by atoms with Crippen LogP contribution in [0.3, 0.4) is 0 Å². The van der Waals surface area contributed by atoms with Crippen LogP contribution in [0.25, 0.3) is 16.3 Å². The monoisotopic (exact) mass is 428 g/mol. The van der Waals surface area contributed by atoms with E-state index in [0.29, 0.717) is 21.5 Å². The third-order valence-corrected chi connectivity index (χ3v) is 5.79. The molecule has 28 heavy (non-hydrogen) atoms. The lowest BCUT2D eigenvalue weighted by molar-refractivity contribution is 0.101. The first-order chi connectivity index (χ1) is 13.5. The van der Waals surface area contributed by atoms with E-state index in [4.69, 9.17) is 11.6 Å². The number of thiazole rings is 1. The van der Waals surface area contributed by atoms with E-state index in [1.807, 2.05) is 22.9 Å². The molecule has 0 aliphatic rings. The first-order valence-electron chi connectivity index (χ1n) is 8.19. The minimum absolute atomic E-state index is 0.201. The van der Waals surface area contributed by atoms with E-state index < -0.39 is 11.3 Å². The molecule has 4 aromatic rings. The molecule has 0 bridgehead atoms. The molecule has 0 aliphatic carbocycles. The highest BCUT2D eigenvalue weighted by atomic mass is 35.5. The van der Waals surface area contributed by atoms with Crippen LogP contribution in [0.2, 0.25) is 5.02 Å². The number of carbonyl (C=O) groups excluding carboxylic acids is 1. The highest BCUT2D eigenvalue weighted by Gasteiger charge is 2.17. The van der Waals surface area contributed by atoms with Gasteiger partial charge in [0.05, 0.1) is 16.3 Å². The Hall–Kier alpha value is -2.81. The minimum atomic E-state index is -0.597. The molecule has 0 saturated carbocycles. The summed E-state index contributed by atoms with van der Waals surface area (Å²) in [5.74, 6) is -0.597. The fourth-order valence-electron chi connectivity index (χ4n) is 2.57. The zero-order valence-electron chi connectivity index (χ0n) is 14.5. The maximum absolute atomic E-state index is 12.6. The Bertz CT molecular complexity index is 1200. The number of nitrogens with one attached hydrogen (secondary N) is 1. The van der Waals surface area contributed by atoms with Crippen LogP contribution in [0, 0.1) is 6.92 Å². The van der Waals surface area contributed by atoms with Gasteiger partial charge in [-0.15, -0.1) is 22.7 Å². The van der Waals surface area contributed by atoms with Crippen molar-refractivity contribution in [3.63, 3.8) is 0 Å². The number of hydrogen-bond donors (Lipinski definition) is 1. The number of amides is 1. The van der Waals surface area contributed by atoms with Gasteiger partial charge < -0.3 is 0 Å². The van der Waals surface area contributed by atoms with Crippen LogP contribution in [-0.4, -0.2) is 20.7 Å². The Balaban J connectivity index is 1.63. The summed E-state index contributed by atoms with van der Waals surface area (Å²) in [5, 5.41) is 11.7. The lowest BCUT2D eigenvalue weighted by Crippen LogP contribution is -2.26. The van der Waals surface area contributed by atoms with Crippen LogP contribution < -0.4 is 10.7 Å². The Morgan fingerprint density at radius 2 is 1.96 bits per heavy atom. The van der Waals surface area contributed by atoms with Crippen molar-refractivity contribution < 1.29 is 4.79 Å². The molecule has 6 nitrogen and oxygen atoms in total. The van der Waals surface area contributed by atoms with Gasteiger partial charge in [-0.1, -0.05) is 17.7 Å². The molecule has 0 fully saturated rings. The number of rotatable bonds is 4. The molecule has 0 spiro atoms. The zero-order valence-corrected chi connectivity index (χ0v) is 16.9. The van der Waals surface area contributed by atoms with Gasteiger partial charge in [-0.3, -0.25) is 14.9 Å². The van der Waals surface area contributed by atoms with Crippen LogP contribution in [-0.2, 0) is 0 Å². The summed E-state index contributed by atoms with van der Waals surface area (Å²) in [6.45, 7) is 1.75. The second-order valence-electron chi connectivity index (χ2n) is 5.86. The summed E-state index contributed by atoms with van der Waals surface area (Å²) < 4.78 is 1.53. The summed E-state index contributed by atoms with van der Waals surface area (Å²) in [5.41, 5.74) is 1.44. The minimum Gasteiger partial charge on any atom is -0.296 e. The average Bonchev–Trinajstić information content (AvgIpc) is 3.34. The molecule has 0 unspecified atom stereocenters. The molecule has 9 heteroatoms. The molecule has 0 aliphatic heterocycles. The number of carbonyl (C=O) groups is 1. The molecule has 1 aromatic carbocycles. The van der Waals surface area contributed by atoms with Crippen LogP contribution in [0.15, 0.2) is 58.0 Å². The van der Waals surface area contributed by atoms with Crippen molar-refractivity contribution in [2.45, 2.75) is 6.92 Å². The number of hydrogen-bond acceptors (Lipinski definition) is 6. The summed E-state index contributed by atoms with van der Waals surface area (Å²) in [6, 6.07) is 12.3. The van der Waals surface area contributed by atoms with Crippen molar-refractivity contribution in [1.29, 1.82) is 0 Å². The molecule has 4 rings (SSSR count). The van der Waals surface area contributed by atoms with E-state index in [9.17, 15) is 9.59 Å². The topological polar surface area (TPSA) is 76.9 Å². The van der Waals surface area contributed by atoms with Gasteiger partial charge in [0.15, 0.2) is 10.8 Å². The van der Waals surface area contributed by atoms with E-state index in [1.54, 1.807) is 42.5 Å². The van der Waals surface area contributed by atoms with E-state index in [2.05, 4.69) is 15.4 Å². The van der Waals surface area contributed by atoms with Crippen molar-refractivity contribution in [3.8, 4) is 16.3 Å². The standard InChI is InChI=1S/C19H13ClN4O2S2/c1-11-9-15(25)17(23-24(11)13-6-4-12(20)5-7-13)18(26)22-19-21-14(10-28-19)16-3-2-8-27-16/h2-10H,1H3,(H,21,22,26). The molecule has 0 radical (unpaired) electrons. The maximum atomic E-state index is 12.6. The van der Waals surface area contributed by atoms with E-state index in [-0.39, 0.29) is 5.69 Å². The number of anilines is 1. The third-order valence-electron chi connectivity index (χ3n) is 3.89. The van der Waals surface area contributed by atoms with E-state index >= 15 is 0 Å². The van der Waals surface area contributed by atoms with Crippen LogP contribution in [0.4, 0.5) is 5.13 Å². The molecule has 1 amide bonds. The molecule has 3 aromatic heterocycles. The van der Waals surface area contributed by atoms with Crippen molar-refractivity contribution in [2.24, 2.45) is 0 Å². The predicted molar refractivity (Wildman–Crippen MR) is 113 cm³/mol. The average molecular weight is 429 g/mol. The largest absolute Gasteiger partial charge is 0.296 e. The summed E-state index contributed by atoms with van der Waals surface area (Å²) in [7, 11) is 0. The fraction of sp³-hybridized carbons (Fsp3) is 0.0526. The van der Waals surface area contributed by atoms with E-state index in [0.717, 1.165) is 10.6 Å². The smallest absolute Gasteiger partial charge is 0.281 e. The lowest BCUT2D eigenvalue weighted by atomic mass is 10.2. The van der Waals surface area contributed by atoms with Gasteiger partial charge in [-0.05, 0) is 42.6 Å². The molecule has 0 atom stereocenters. The Morgan fingerprint density at radius 1 is 1.18 bits per heavy atom. The molecule has 1 N–H and O–H groups in total. The van der Waals surface area contributed by atoms with Crippen molar-refractivity contribution in [3.05, 3.63) is 79.9 Å². The summed E-state index contributed by atoms with van der Waals surface area (Å²) >= 11 is 8.79. The molecular formula is C19H13ClN4O2S2. The Kier molecular flexibility index (Phi) is 5.08. The second-order valence-corrected chi connectivity index (χ2v) is 8.10. The highest BCUT2D eigenvalue weighted by Crippen LogP contribution is 2.28. The molecule has 0 saturated heterocycles. The van der Waals surface area contributed by atoms with Gasteiger partial charge in [0.25, 0.3) is 5.91 Å². The SMILES string of the molecule is Cc1cc(=O)c(C(=O)Nc2nc(-c3cccs3)cs2)nn1-c1ccc(Cl)cc1. The summed E-state index contributed by atoms with van der Waals surface area (Å²) in [6.07, 6.45) is 0. The van der Waals surface area contributed by atoms with Crippen molar-refractivity contribution in [1.82, 2.24) is 14.8 Å².